The number of nitrogens with one attached hydrogen (secondary N) is 2. The lowest BCUT2D eigenvalue weighted by Gasteiger charge is -2.58. The third-order valence-electron chi connectivity index (χ3n) is 8.72. The van der Waals surface area contributed by atoms with Gasteiger partial charge in [0.1, 0.15) is 5.75 Å². The van der Waals surface area contributed by atoms with Crippen molar-refractivity contribution in [2.75, 3.05) is 18.5 Å². The van der Waals surface area contributed by atoms with Crippen LogP contribution < -0.4 is 10.6 Å². The normalized spacial score (nSPS) is 29.9. The molecule has 0 bridgehead atoms. The lowest BCUT2D eigenvalue weighted by molar-refractivity contribution is -0.144. The number of hydrogen-bond acceptors (Lipinski definition) is 8. The molecule has 1 saturated carbocycles. The van der Waals surface area contributed by atoms with Crippen molar-refractivity contribution in [3.05, 3.63) is 34.8 Å². The van der Waals surface area contributed by atoms with Crippen molar-refractivity contribution in [2.24, 2.45) is 22.7 Å². The highest BCUT2D eigenvalue weighted by Gasteiger charge is 2.59. The summed E-state index contributed by atoms with van der Waals surface area (Å²) >= 11 is 1.52. The molecule has 2 aromatic rings. The maximum atomic E-state index is 13.3. The van der Waals surface area contributed by atoms with Crippen LogP contribution >= 0.6 is 11.3 Å². The van der Waals surface area contributed by atoms with E-state index >= 15 is 0 Å². The highest BCUT2D eigenvalue weighted by Crippen LogP contribution is 2.62. The quantitative estimate of drug-likeness (QED) is 0.289. The standard InChI is InChI=1S/C28H41N3O5S/c1-16(2)10-18(14-32)29-24(36)12-20-25-21(37-26(31-25)30-17-6-5-7-19(34)11-17)13-22-27(20,3)9-8-23(35)28(22,4)15-33/h5-7,11,16,18,20,22-23,32-35H,8-10,12-15H2,1-4H3,(H,29,36)(H,30,31). The number of aliphatic hydroxyl groups excluding tert-OH is 3. The molecule has 6 unspecified atom stereocenters. The number of benzene rings is 1. The minimum absolute atomic E-state index is 0.0302. The van der Waals surface area contributed by atoms with Gasteiger partial charge in [-0.25, -0.2) is 4.98 Å². The number of aromatic nitrogens is 1. The number of thiazole rings is 1. The molecule has 6 N–H and O–H groups in total. The molecule has 0 radical (unpaired) electrons. The average molecular weight is 532 g/mol. The molecule has 1 aromatic carbocycles. The number of phenolic OH excluding ortho intramolecular Hbond substituents is 1. The van der Waals surface area contributed by atoms with Crippen LogP contribution in [-0.4, -0.2) is 56.7 Å². The van der Waals surface area contributed by atoms with Crippen molar-refractivity contribution >= 4 is 28.1 Å². The Hall–Kier alpha value is -2.20. The molecule has 204 valence electrons. The van der Waals surface area contributed by atoms with Gasteiger partial charge in [-0.3, -0.25) is 4.79 Å². The first-order valence-corrected chi connectivity index (χ1v) is 14.1. The van der Waals surface area contributed by atoms with E-state index in [0.29, 0.717) is 30.3 Å². The second kappa shape index (κ2) is 10.9. The molecule has 37 heavy (non-hydrogen) atoms. The first kappa shape index (κ1) is 27.8. The second-order valence-electron chi connectivity index (χ2n) is 11.8. The third-order valence-corrected chi connectivity index (χ3v) is 9.73. The first-order valence-electron chi connectivity index (χ1n) is 13.2. The summed E-state index contributed by atoms with van der Waals surface area (Å²) in [7, 11) is 0. The van der Waals surface area contributed by atoms with E-state index in [0.717, 1.165) is 22.7 Å². The van der Waals surface area contributed by atoms with E-state index in [2.05, 4.69) is 31.4 Å². The van der Waals surface area contributed by atoms with E-state index in [4.69, 9.17) is 4.98 Å². The molecule has 1 fully saturated rings. The average Bonchev–Trinajstić information content (AvgIpc) is 3.24. The first-order chi connectivity index (χ1) is 17.5. The topological polar surface area (TPSA) is 135 Å². The van der Waals surface area contributed by atoms with Gasteiger partial charge in [-0.1, -0.05) is 33.8 Å². The molecule has 6 atom stereocenters. The van der Waals surface area contributed by atoms with Gasteiger partial charge in [-0.15, -0.1) is 11.3 Å². The molecule has 2 aliphatic rings. The van der Waals surface area contributed by atoms with E-state index in [9.17, 15) is 25.2 Å². The monoisotopic (exact) mass is 531 g/mol. The Labute approximate surface area is 223 Å². The summed E-state index contributed by atoms with van der Waals surface area (Å²) < 4.78 is 0. The zero-order chi connectivity index (χ0) is 27.0. The fourth-order valence-electron chi connectivity index (χ4n) is 6.63. The van der Waals surface area contributed by atoms with Crippen LogP contribution in [0.25, 0.3) is 0 Å². The van der Waals surface area contributed by atoms with Crippen LogP contribution in [0.2, 0.25) is 0 Å². The molecular formula is C28H41N3O5S. The summed E-state index contributed by atoms with van der Waals surface area (Å²) in [4.78, 5) is 19.3. The van der Waals surface area contributed by atoms with Crippen molar-refractivity contribution in [2.45, 2.75) is 77.9 Å². The zero-order valence-corrected chi connectivity index (χ0v) is 23.0. The van der Waals surface area contributed by atoms with Crippen LogP contribution in [0, 0.1) is 22.7 Å². The number of amides is 1. The van der Waals surface area contributed by atoms with Gasteiger partial charge in [-0.2, -0.15) is 0 Å². The SMILES string of the molecule is CC(C)CC(CO)NC(=O)CC1c2nc(Nc3cccc(O)c3)sc2CC2C(C)(CO)C(O)CCC12C. The lowest BCUT2D eigenvalue weighted by atomic mass is 9.47. The van der Waals surface area contributed by atoms with Gasteiger partial charge in [0.2, 0.25) is 5.91 Å². The van der Waals surface area contributed by atoms with E-state index < -0.39 is 11.5 Å². The predicted molar refractivity (Wildman–Crippen MR) is 145 cm³/mol. The van der Waals surface area contributed by atoms with Gasteiger partial charge in [-0.05, 0) is 55.1 Å². The molecule has 9 heteroatoms. The number of phenols is 1. The summed E-state index contributed by atoms with van der Waals surface area (Å²) in [5, 5.41) is 48.1. The summed E-state index contributed by atoms with van der Waals surface area (Å²) in [6.45, 7) is 8.03. The molecule has 8 nitrogen and oxygen atoms in total. The van der Waals surface area contributed by atoms with E-state index in [-0.39, 0.29) is 54.6 Å². The van der Waals surface area contributed by atoms with Gasteiger partial charge in [0, 0.05) is 34.4 Å². The Morgan fingerprint density at radius 1 is 1.27 bits per heavy atom. The van der Waals surface area contributed by atoms with Crippen LogP contribution in [0.1, 0.15) is 69.9 Å². The van der Waals surface area contributed by atoms with Crippen molar-refractivity contribution in [1.29, 1.82) is 0 Å². The molecule has 1 amide bonds. The van der Waals surface area contributed by atoms with Gasteiger partial charge < -0.3 is 31.1 Å². The molecule has 2 aliphatic carbocycles. The Bertz CT molecular complexity index is 1110. The van der Waals surface area contributed by atoms with Crippen molar-refractivity contribution < 1.29 is 25.2 Å². The number of carbonyl (C=O) groups is 1. The molecule has 0 spiro atoms. The Morgan fingerprint density at radius 3 is 2.68 bits per heavy atom. The molecule has 1 heterocycles. The number of rotatable bonds is 9. The highest BCUT2D eigenvalue weighted by molar-refractivity contribution is 7.15. The number of anilines is 2. The van der Waals surface area contributed by atoms with Crippen LogP contribution in [0.5, 0.6) is 5.75 Å². The summed E-state index contributed by atoms with van der Waals surface area (Å²) in [5.41, 5.74) is 0.583. The minimum atomic E-state index is -0.687. The van der Waals surface area contributed by atoms with E-state index in [1.165, 1.54) is 11.3 Å². The number of aliphatic hydroxyl groups is 3. The van der Waals surface area contributed by atoms with Gasteiger partial charge >= 0.3 is 0 Å². The molecular weight excluding hydrogens is 490 g/mol. The largest absolute Gasteiger partial charge is 0.508 e. The van der Waals surface area contributed by atoms with Gasteiger partial charge in [0.25, 0.3) is 0 Å². The Morgan fingerprint density at radius 2 is 2.03 bits per heavy atom. The van der Waals surface area contributed by atoms with Crippen molar-refractivity contribution in [3.8, 4) is 5.75 Å². The summed E-state index contributed by atoms with van der Waals surface area (Å²) in [6, 6.07) is 6.56. The number of aromatic hydroxyl groups is 1. The minimum Gasteiger partial charge on any atom is -0.508 e. The van der Waals surface area contributed by atoms with Crippen LogP contribution in [0.4, 0.5) is 10.8 Å². The molecule has 1 aromatic heterocycles. The fourth-order valence-corrected chi connectivity index (χ4v) is 7.72. The van der Waals surface area contributed by atoms with Crippen LogP contribution in [0.3, 0.4) is 0 Å². The van der Waals surface area contributed by atoms with Crippen molar-refractivity contribution in [1.82, 2.24) is 10.3 Å². The predicted octanol–water partition coefficient (Wildman–Crippen LogP) is 3.92. The smallest absolute Gasteiger partial charge is 0.220 e. The number of carbonyl (C=O) groups excluding carboxylic acids is 1. The van der Waals surface area contributed by atoms with E-state index in [1.807, 2.05) is 13.0 Å². The third kappa shape index (κ3) is 5.50. The van der Waals surface area contributed by atoms with Crippen LogP contribution in [0.15, 0.2) is 24.3 Å². The Kier molecular flexibility index (Phi) is 8.19. The molecule has 0 aliphatic heterocycles. The Balaban J connectivity index is 1.69. The van der Waals surface area contributed by atoms with Crippen molar-refractivity contribution in [3.63, 3.8) is 0 Å². The number of hydrogen-bond donors (Lipinski definition) is 6. The van der Waals surface area contributed by atoms with Gasteiger partial charge in [0.15, 0.2) is 5.13 Å². The van der Waals surface area contributed by atoms with E-state index in [1.54, 1.807) is 18.2 Å². The highest BCUT2D eigenvalue weighted by atomic mass is 32.1. The second-order valence-corrected chi connectivity index (χ2v) is 12.9. The number of nitrogens with zero attached hydrogens (tertiary/aromatic N) is 1. The van der Waals surface area contributed by atoms with Gasteiger partial charge in [0.05, 0.1) is 31.1 Å². The maximum absolute atomic E-state index is 13.3. The maximum Gasteiger partial charge on any atom is 0.220 e. The summed E-state index contributed by atoms with van der Waals surface area (Å²) in [5.74, 6) is 0.151. The number of fused-ring (bicyclic) bond motifs is 2. The fraction of sp³-hybridized carbons (Fsp3) is 0.643. The molecule has 4 rings (SSSR count). The lowest BCUT2D eigenvalue weighted by Crippen LogP contribution is -2.58. The molecule has 0 saturated heterocycles. The summed E-state index contributed by atoms with van der Waals surface area (Å²) in [6.07, 6.45) is 2.26. The zero-order valence-electron chi connectivity index (χ0n) is 22.2. The van der Waals surface area contributed by atoms with Crippen LogP contribution in [-0.2, 0) is 11.2 Å².